The molecular weight excluding hydrogens is 232 g/mol. The Hall–Kier alpha value is -0.0400. The van der Waals surface area contributed by atoms with Crippen molar-refractivity contribution in [1.29, 1.82) is 0 Å². The van der Waals surface area contributed by atoms with Gasteiger partial charge in [0.1, 0.15) is 0 Å². The van der Waals surface area contributed by atoms with E-state index in [4.69, 9.17) is 0 Å². The zero-order chi connectivity index (χ0) is 14.2. The van der Waals surface area contributed by atoms with E-state index in [1.54, 1.807) is 0 Å². The molecule has 0 bridgehead atoms. The summed E-state index contributed by atoms with van der Waals surface area (Å²) in [5.41, 5.74) is 0. The van der Waals surface area contributed by atoms with Crippen LogP contribution in [0.1, 0.15) is 104 Å². The average Bonchev–Trinajstić information content (AvgIpc) is 2.42. The molecule has 1 unspecified atom stereocenters. The van der Waals surface area contributed by atoms with Crippen LogP contribution < -0.4 is 0 Å². The predicted octanol–water partition coefficient (Wildman–Crippen LogP) is 6.53. The largest absolute Gasteiger partial charge is 0.237 e. The van der Waals surface area contributed by atoms with Gasteiger partial charge in [-0.3, -0.25) is 0 Å². The third kappa shape index (κ3) is 14.2. The van der Waals surface area contributed by atoms with Crippen LogP contribution in [-0.4, -0.2) is 6.61 Å². The molecule has 0 aliphatic carbocycles. The normalized spacial score (nSPS) is 12.8. The van der Waals surface area contributed by atoms with Crippen LogP contribution in [0.25, 0.3) is 0 Å². The first-order valence-corrected chi connectivity index (χ1v) is 8.93. The summed E-state index contributed by atoms with van der Waals surface area (Å²) >= 11 is 0. The van der Waals surface area contributed by atoms with E-state index in [1.165, 1.54) is 77.0 Å². The van der Waals surface area contributed by atoms with E-state index in [0.717, 1.165) is 18.8 Å². The van der Waals surface area contributed by atoms with E-state index in [0.29, 0.717) is 0 Å². The maximum absolute atomic E-state index is 10.5. The van der Waals surface area contributed by atoms with Crippen LogP contribution >= 0.6 is 0 Å². The van der Waals surface area contributed by atoms with Crippen molar-refractivity contribution < 1.29 is 5.11 Å². The lowest BCUT2D eigenvalue weighted by atomic mass is 9.91. The van der Waals surface area contributed by atoms with Crippen LogP contribution in [0.2, 0.25) is 0 Å². The highest BCUT2D eigenvalue weighted by Gasteiger charge is 2.07. The molecular formula is C18H37O. The molecule has 1 radical (unpaired) electrons. The predicted molar refractivity (Wildman–Crippen MR) is 85.0 cm³/mol. The second-order valence-electron chi connectivity index (χ2n) is 6.12. The Labute approximate surface area is 122 Å². The number of rotatable bonds is 15. The summed E-state index contributed by atoms with van der Waals surface area (Å²) < 4.78 is 0. The molecule has 19 heavy (non-hydrogen) atoms. The van der Waals surface area contributed by atoms with Gasteiger partial charge in [0.05, 0.1) is 6.61 Å². The van der Waals surface area contributed by atoms with E-state index < -0.39 is 0 Å². The van der Waals surface area contributed by atoms with Crippen LogP contribution in [0, 0.1) is 5.92 Å². The summed E-state index contributed by atoms with van der Waals surface area (Å²) in [6, 6.07) is 0. The molecule has 1 heteroatoms. The summed E-state index contributed by atoms with van der Waals surface area (Å²) in [4.78, 5) is 0. The summed E-state index contributed by atoms with van der Waals surface area (Å²) in [6.45, 7) is 4.69. The van der Waals surface area contributed by atoms with Crippen LogP contribution in [0.3, 0.4) is 0 Å². The van der Waals surface area contributed by atoms with Crippen molar-refractivity contribution in [2.75, 3.05) is 6.61 Å². The highest BCUT2D eigenvalue weighted by molar-refractivity contribution is 4.60. The van der Waals surface area contributed by atoms with Crippen LogP contribution in [0.5, 0.6) is 0 Å². The standard InChI is InChI=1S/C18H37O/c1-3-5-6-7-8-9-10-11-15-18(14-4-2)16-12-13-17-19/h18H,3-17H2,1-2H3. The quantitative estimate of drug-likeness (QED) is 0.301. The molecule has 0 spiro atoms. The molecule has 0 fully saturated rings. The molecule has 1 nitrogen and oxygen atoms in total. The monoisotopic (exact) mass is 269 g/mol. The Morgan fingerprint density at radius 3 is 1.63 bits per heavy atom. The molecule has 0 amide bonds. The number of hydrogen-bond acceptors (Lipinski definition) is 0. The van der Waals surface area contributed by atoms with Gasteiger partial charge in [0.15, 0.2) is 0 Å². The lowest BCUT2D eigenvalue weighted by Crippen LogP contribution is -2.01. The second kappa shape index (κ2) is 16.0. The molecule has 0 rings (SSSR count). The Kier molecular flexibility index (Phi) is 16.0. The highest BCUT2D eigenvalue weighted by atomic mass is 16.2. The molecule has 0 aliphatic rings. The van der Waals surface area contributed by atoms with Crippen molar-refractivity contribution in [2.45, 2.75) is 104 Å². The highest BCUT2D eigenvalue weighted by Crippen LogP contribution is 2.22. The van der Waals surface area contributed by atoms with E-state index >= 15 is 0 Å². The van der Waals surface area contributed by atoms with E-state index in [2.05, 4.69) is 13.8 Å². The van der Waals surface area contributed by atoms with Gasteiger partial charge in [0, 0.05) is 0 Å². The zero-order valence-electron chi connectivity index (χ0n) is 13.6. The second-order valence-corrected chi connectivity index (χ2v) is 6.12. The number of hydrogen-bond donors (Lipinski definition) is 0. The molecule has 0 aromatic rings. The van der Waals surface area contributed by atoms with E-state index in [1.807, 2.05) is 0 Å². The van der Waals surface area contributed by atoms with Crippen molar-refractivity contribution in [1.82, 2.24) is 0 Å². The lowest BCUT2D eigenvalue weighted by molar-refractivity contribution is 0.183. The van der Waals surface area contributed by atoms with Gasteiger partial charge in [-0.2, -0.15) is 0 Å². The first-order chi connectivity index (χ1) is 9.35. The van der Waals surface area contributed by atoms with Crippen LogP contribution in [0.4, 0.5) is 0 Å². The van der Waals surface area contributed by atoms with Crippen molar-refractivity contribution >= 4 is 0 Å². The van der Waals surface area contributed by atoms with Crippen molar-refractivity contribution in [3.63, 3.8) is 0 Å². The summed E-state index contributed by atoms with van der Waals surface area (Å²) in [5.74, 6) is 0.900. The van der Waals surface area contributed by atoms with Gasteiger partial charge in [0.2, 0.25) is 0 Å². The summed E-state index contributed by atoms with van der Waals surface area (Å²) in [6.07, 6.45) is 18.8. The Bertz CT molecular complexity index is 156. The summed E-state index contributed by atoms with van der Waals surface area (Å²) in [7, 11) is 0. The maximum Gasteiger partial charge on any atom is 0.0822 e. The first-order valence-electron chi connectivity index (χ1n) is 8.93. The molecule has 0 saturated heterocycles. The van der Waals surface area contributed by atoms with Gasteiger partial charge < -0.3 is 0 Å². The fraction of sp³-hybridized carbons (Fsp3) is 1.00. The van der Waals surface area contributed by atoms with Gasteiger partial charge in [0.25, 0.3) is 0 Å². The minimum Gasteiger partial charge on any atom is -0.237 e. The molecule has 0 N–H and O–H groups in total. The minimum absolute atomic E-state index is 0.122. The third-order valence-electron chi connectivity index (χ3n) is 4.17. The van der Waals surface area contributed by atoms with Gasteiger partial charge in [-0.15, -0.1) is 0 Å². The van der Waals surface area contributed by atoms with Crippen LogP contribution in [-0.2, 0) is 5.11 Å². The van der Waals surface area contributed by atoms with Gasteiger partial charge in [-0.05, 0) is 12.3 Å². The van der Waals surface area contributed by atoms with Gasteiger partial charge in [-0.1, -0.05) is 97.3 Å². The minimum atomic E-state index is 0.122. The maximum atomic E-state index is 10.5. The van der Waals surface area contributed by atoms with Gasteiger partial charge >= 0.3 is 0 Å². The fourth-order valence-electron chi connectivity index (χ4n) is 2.94. The average molecular weight is 269 g/mol. The lowest BCUT2D eigenvalue weighted by Gasteiger charge is -2.15. The van der Waals surface area contributed by atoms with Crippen molar-refractivity contribution in [3.8, 4) is 0 Å². The Balaban J connectivity index is 3.36. The molecule has 0 saturated carbocycles. The Morgan fingerprint density at radius 1 is 0.579 bits per heavy atom. The van der Waals surface area contributed by atoms with E-state index in [-0.39, 0.29) is 6.61 Å². The van der Waals surface area contributed by atoms with Crippen molar-refractivity contribution in [3.05, 3.63) is 0 Å². The topological polar surface area (TPSA) is 19.9 Å². The van der Waals surface area contributed by atoms with E-state index in [9.17, 15) is 5.11 Å². The van der Waals surface area contributed by atoms with Crippen LogP contribution in [0.15, 0.2) is 0 Å². The molecule has 0 heterocycles. The van der Waals surface area contributed by atoms with Crippen molar-refractivity contribution in [2.24, 2.45) is 5.92 Å². The Morgan fingerprint density at radius 2 is 1.11 bits per heavy atom. The third-order valence-corrected chi connectivity index (χ3v) is 4.17. The smallest absolute Gasteiger partial charge is 0.0822 e. The SMILES string of the molecule is CCCCCCCCCCC(CCC)CCCC[O]. The molecule has 0 aliphatic heterocycles. The fourth-order valence-corrected chi connectivity index (χ4v) is 2.94. The zero-order valence-corrected chi connectivity index (χ0v) is 13.6. The first kappa shape index (κ1) is 19.0. The number of unbranched alkanes of at least 4 members (excludes halogenated alkanes) is 8. The molecule has 0 aromatic carbocycles. The molecule has 1 atom stereocenters. The molecule has 0 aromatic heterocycles. The molecule has 115 valence electrons. The van der Waals surface area contributed by atoms with Gasteiger partial charge in [-0.25, -0.2) is 5.11 Å². The summed E-state index contributed by atoms with van der Waals surface area (Å²) in [5, 5.41) is 10.5.